The zero-order chi connectivity index (χ0) is 12.3. The number of anilines is 1. The van der Waals surface area contributed by atoms with Crippen molar-refractivity contribution in [1.82, 2.24) is 10.3 Å². The van der Waals surface area contributed by atoms with E-state index in [2.05, 4.69) is 53.1 Å². The van der Waals surface area contributed by atoms with Crippen LogP contribution in [0.15, 0.2) is 21.2 Å². The standard InChI is InChI=1S/C12H17Br2N3/c1-15-7-9-2-4-17(5-3-9)12-11(14)6-10(13)8-16-12/h6,8-9,15H,2-5,7H2,1H3. The van der Waals surface area contributed by atoms with Gasteiger partial charge in [-0.3, -0.25) is 0 Å². The summed E-state index contributed by atoms with van der Waals surface area (Å²) in [6.45, 7) is 3.32. The predicted octanol–water partition coefficient (Wildman–Crippen LogP) is 3.04. The van der Waals surface area contributed by atoms with Gasteiger partial charge < -0.3 is 10.2 Å². The Labute approximate surface area is 119 Å². The molecule has 0 radical (unpaired) electrons. The van der Waals surface area contributed by atoms with E-state index in [-0.39, 0.29) is 0 Å². The van der Waals surface area contributed by atoms with Gasteiger partial charge in [0.05, 0.1) is 4.47 Å². The first kappa shape index (κ1) is 13.3. The van der Waals surface area contributed by atoms with Gasteiger partial charge in [-0.15, -0.1) is 0 Å². The fourth-order valence-corrected chi connectivity index (χ4v) is 3.52. The van der Waals surface area contributed by atoms with Crippen molar-refractivity contribution >= 4 is 37.7 Å². The van der Waals surface area contributed by atoms with Crippen molar-refractivity contribution in [1.29, 1.82) is 0 Å². The van der Waals surface area contributed by atoms with Crippen LogP contribution in [-0.2, 0) is 0 Å². The number of hydrogen-bond donors (Lipinski definition) is 1. The van der Waals surface area contributed by atoms with Crippen LogP contribution in [0.2, 0.25) is 0 Å². The maximum atomic E-state index is 4.49. The Kier molecular flexibility index (Phi) is 4.82. The molecule has 1 aromatic rings. The smallest absolute Gasteiger partial charge is 0.142 e. The van der Waals surface area contributed by atoms with E-state index in [1.165, 1.54) is 12.8 Å². The molecule has 1 aromatic heterocycles. The highest BCUT2D eigenvalue weighted by molar-refractivity contribution is 9.11. The summed E-state index contributed by atoms with van der Waals surface area (Å²) in [4.78, 5) is 6.85. The molecule has 0 spiro atoms. The van der Waals surface area contributed by atoms with E-state index in [0.717, 1.165) is 40.3 Å². The van der Waals surface area contributed by atoms with Crippen LogP contribution in [0.1, 0.15) is 12.8 Å². The van der Waals surface area contributed by atoms with Gasteiger partial charge in [0.1, 0.15) is 5.82 Å². The largest absolute Gasteiger partial charge is 0.356 e. The molecule has 0 saturated carbocycles. The number of nitrogens with zero attached hydrogens (tertiary/aromatic N) is 2. The molecule has 1 N–H and O–H groups in total. The first-order chi connectivity index (χ1) is 8.20. The molecule has 0 amide bonds. The third kappa shape index (κ3) is 3.42. The molecule has 0 unspecified atom stereocenters. The second-order valence-electron chi connectivity index (χ2n) is 4.45. The molecule has 94 valence electrons. The predicted molar refractivity (Wildman–Crippen MR) is 78.5 cm³/mol. The molecule has 0 atom stereocenters. The number of halogens is 2. The zero-order valence-electron chi connectivity index (χ0n) is 9.92. The first-order valence-corrected chi connectivity index (χ1v) is 7.50. The molecule has 17 heavy (non-hydrogen) atoms. The Morgan fingerprint density at radius 1 is 1.41 bits per heavy atom. The third-order valence-electron chi connectivity index (χ3n) is 3.20. The molecule has 1 saturated heterocycles. The molecule has 5 heteroatoms. The van der Waals surface area contributed by atoms with Gasteiger partial charge in [-0.05, 0) is 70.3 Å². The first-order valence-electron chi connectivity index (χ1n) is 5.91. The minimum atomic E-state index is 0.811. The zero-order valence-corrected chi connectivity index (χ0v) is 13.1. The summed E-state index contributed by atoms with van der Waals surface area (Å²) in [5.41, 5.74) is 0. The van der Waals surface area contributed by atoms with Gasteiger partial charge in [0, 0.05) is 23.8 Å². The number of pyridine rings is 1. The van der Waals surface area contributed by atoms with Crippen LogP contribution in [0.3, 0.4) is 0 Å². The van der Waals surface area contributed by atoms with E-state index in [0.29, 0.717) is 0 Å². The minimum absolute atomic E-state index is 0.811. The monoisotopic (exact) mass is 361 g/mol. The molecule has 2 heterocycles. The van der Waals surface area contributed by atoms with Crippen LogP contribution in [-0.4, -0.2) is 31.7 Å². The lowest BCUT2D eigenvalue weighted by atomic mass is 9.97. The Morgan fingerprint density at radius 2 is 2.12 bits per heavy atom. The van der Waals surface area contributed by atoms with Crippen molar-refractivity contribution in [3.8, 4) is 0 Å². The van der Waals surface area contributed by atoms with Crippen molar-refractivity contribution in [3.63, 3.8) is 0 Å². The summed E-state index contributed by atoms with van der Waals surface area (Å²) in [6.07, 6.45) is 4.34. The average Bonchev–Trinajstić information content (AvgIpc) is 2.31. The number of nitrogens with one attached hydrogen (secondary N) is 1. The topological polar surface area (TPSA) is 28.2 Å². The number of rotatable bonds is 3. The van der Waals surface area contributed by atoms with E-state index in [4.69, 9.17) is 0 Å². The van der Waals surface area contributed by atoms with Crippen LogP contribution in [0.25, 0.3) is 0 Å². The second-order valence-corrected chi connectivity index (χ2v) is 6.22. The van der Waals surface area contributed by atoms with E-state index in [1.54, 1.807) is 0 Å². The number of aromatic nitrogens is 1. The lowest BCUT2D eigenvalue weighted by molar-refractivity contribution is 0.392. The van der Waals surface area contributed by atoms with E-state index < -0.39 is 0 Å². The molecule has 0 aromatic carbocycles. The van der Waals surface area contributed by atoms with Gasteiger partial charge >= 0.3 is 0 Å². The van der Waals surface area contributed by atoms with Gasteiger partial charge in [0.15, 0.2) is 0 Å². The summed E-state index contributed by atoms with van der Waals surface area (Å²) in [5, 5.41) is 3.26. The van der Waals surface area contributed by atoms with E-state index in [1.807, 2.05) is 13.2 Å². The third-order valence-corrected chi connectivity index (χ3v) is 4.21. The van der Waals surface area contributed by atoms with Crippen LogP contribution < -0.4 is 10.2 Å². The highest BCUT2D eigenvalue weighted by atomic mass is 79.9. The summed E-state index contributed by atoms with van der Waals surface area (Å²) >= 11 is 7.01. The fraction of sp³-hybridized carbons (Fsp3) is 0.583. The second kappa shape index (κ2) is 6.16. The highest BCUT2D eigenvalue weighted by Crippen LogP contribution is 2.29. The van der Waals surface area contributed by atoms with Gasteiger partial charge in [-0.2, -0.15) is 0 Å². The fourth-order valence-electron chi connectivity index (χ4n) is 2.28. The lowest BCUT2D eigenvalue weighted by Gasteiger charge is -2.33. The van der Waals surface area contributed by atoms with Gasteiger partial charge in [-0.1, -0.05) is 0 Å². The van der Waals surface area contributed by atoms with Crippen LogP contribution >= 0.6 is 31.9 Å². The van der Waals surface area contributed by atoms with Crippen molar-refractivity contribution in [2.75, 3.05) is 31.6 Å². The van der Waals surface area contributed by atoms with E-state index in [9.17, 15) is 0 Å². The van der Waals surface area contributed by atoms with Crippen LogP contribution in [0.5, 0.6) is 0 Å². The van der Waals surface area contributed by atoms with Gasteiger partial charge in [0.25, 0.3) is 0 Å². The molecule has 1 fully saturated rings. The van der Waals surface area contributed by atoms with Crippen molar-refractivity contribution < 1.29 is 0 Å². The van der Waals surface area contributed by atoms with Crippen molar-refractivity contribution in [2.24, 2.45) is 5.92 Å². The molecular formula is C12H17Br2N3. The Hall–Kier alpha value is -0.130. The van der Waals surface area contributed by atoms with Gasteiger partial charge in [-0.25, -0.2) is 4.98 Å². The van der Waals surface area contributed by atoms with Crippen molar-refractivity contribution in [2.45, 2.75) is 12.8 Å². The molecule has 2 rings (SSSR count). The normalized spacial score (nSPS) is 17.5. The summed E-state index contributed by atoms with van der Waals surface area (Å²) < 4.78 is 2.08. The Morgan fingerprint density at radius 3 is 2.71 bits per heavy atom. The number of piperidine rings is 1. The van der Waals surface area contributed by atoms with Crippen molar-refractivity contribution in [3.05, 3.63) is 21.2 Å². The maximum Gasteiger partial charge on any atom is 0.142 e. The summed E-state index contributed by atoms with van der Waals surface area (Å²) in [6, 6.07) is 2.06. The molecular weight excluding hydrogens is 346 g/mol. The minimum Gasteiger partial charge on any atom is -0.356 e. The summed E-state index contributed by atoms with van der Waals surface area (Å²) in [7, 11) is 2.03. The molecule has 3 nitrogen and oxygen atoms in total. The van der Waals surface area contributed by atoms with E-state index >= 15 is 0 Å². The SMILES string of the molecule is CNCC1CCN(c2ncc(Br)cc2Br)CC1. The molecule has 0 bridgehead atoms. The Bertz CT molecular complexity index is 376. The maximum absolute atomic E-state index is 4.49. The lowest BCUT2D eigenvalue weighted by Crippen LogP contribution is -2.37. The average molecular weight is 363 g/mol. The highest BCUT2D eigenvalue weighted by Gasteiger charge is 2.20. The summed E-state index contributed by atoms with van der Waals surface area (Å²) in [5.74, 6) is 1.88. The van der Waals surface area contributed by atoms with Crippen LogP contribution in [0.4, 0.5) is 5.82 Å². The molecule has 1 aliphatic rings. The molecule has 1 aliphatic heterocycles. The Balaban J connectivity index is 2.00. The quantitative estimate of drug-likeness (QED) is 0.895. The number of hydrogen-bond acceptors (Lipinski definition) is 3. The van der Waals surface area contributed by atoms with Crippen LogP contribution in [0, 0.1) is 5.92 Å². The molecule has 0 aliphatic carbocycles. The van der Waals surface area contributed by atoms with Gasteiger partial charge in [0.2, 0.25) is 0 Å².